The van der Waals surface area contributed by atoms with Gasteiger partial charge in [0.15, 0.2) is 0 Å². The molecule has 6 nitrogen and oxygen atoms in total. The van der Waals surface area contributed by atoms with Crippen LogP contribution in [0.4, 0.5) is 11.4 Å². The minimum atomic E-state index is -0.450. The lowest BCUT2D eigenvalue weighted by molar-refractivity contribution is -0.384. The second kappa shape index (κ2) is 4.84. The molecule has 88 valence electrons. The number of hydrogen-bond acceptors (Lipinski definition) is 4. The molecule has 0 saturated heterocycles. The summed E-state index contributed by atoms with van der Waals surface area (Å²) < 4.78 is 0. The quantitative estimate of drug-likeness (QED) is 0.647. The molecule has 0 fully saturated rings. The molecule has 1 heterocycles. The monoisotopic (exact) mass is 252 g/mol. The summed E-state index contributed by atoms with van der Waals surface area (Å²) in [6.45, 7) is 0.442. The van der Waals surface area contributed by atoms with E-state index in [4.69, 9.17) is 11.6 Å². The van der Waals surface area contributed by atoms with Crippen LogP contribution >= 0.6 is 11.6 Å². The van der Waals surface area contributed by atoms with Gasteiger partial charge in [-0.1, -0.05) is 11.6 Å². The fourth-order valence-electron chi connectivity index (χ4n) is 1.38. The van der Waals surface area contributed by atoms with E-state index in [2.05, 4.69) is 15.5 Å². The van der Waals surface area contributed by atoms with Gasteiger partial charge in [0, 0.05) is 29.4 Å². The Morgan fingerprint density at radius 3 is 3.00 bits per heavy atom. The minimum Gasteiger partial charge on any atom is -0.375 e. The van der Waals surface area contributed by atoms with Crippen LogP contribution in [0.25, 0.3) is 0 Å². The van der Waals surface area contributed by atoms with Gasteiger partial charge in [-0.15, -0.1) is 0 Å². The minimum absolute atomic E-state index is 0.00195. The number of nitro benzene ring substituents is 1. The van der Waals surface area contributed by atoms with Crippen LogP contribution in [0.1, 0.15) is 5.56 Å². The van der Waals surface area contributed by atoms with E-state index in [1.165, 1.54) is 18.2 Å². The second-order valence-electron chi connectivity index (χ2n) is 3.38. The summed E-state index contributed by atoms with van der Waals surface area (Å²) in [6, 6.07) is 4.39. The highest BCUT2D eigenvalue weighted by molar-refractivity contribution is 6.31. The Morgan fingerprint density at radius 2 is 2.35 bits per heavy atom. The lowest BCUT2D eigenvalue weighted by Crippen LogP contribution is -2.01. The SMILES string of the molecule is O=[N+]([O-])c1ccc(Cl)cc1NCc1cn[nH]c1. The van der Waals surface area contributed by atoms with Crippen molar-refractivity contribution < 1.29 is 4.92 Å². The van der Waals surface area contributed by atoms with Crippen LogP contribution in [0.5, 0.6) is 0 Å². The van der Waals surface area contributed by atoms with Gasteiger partial charge in [-0.2, -0.15) is 5.10 Å². The molecule has 1 aromatic heterocycles. The highest BCUT2D eigenvalue weighted by Gasteiger charge is 2.13. The molecule has 0 amide bonds. The first-order valence-corrected chi connectivity index (χ1v) is 5.20. The molecule has 2 N–H and O–H groups in total. The number of benzene rings is 1. The van der Waals surface area contributed by atoms with E-state index in [-0.39, 0.29) is 5.69 Å². The maximum absolute atomic E-state index is 10.8. The van der Waals surface area contributed by atoms with Gasteiger partial charge in [-0.3, -0.25) is 15.2 Å². The molecule has 0 atom stereocenters. The second-order valence-corrected chi connectivity index (χ2v) is 3.82. The molecule has 0 bridgehead atoms. The van der Waals surface area contributed by atoms with Crippen molar-refractivity contribution in [3.63, 3.8) is 0 Å². The fraction of sp³-hybridized carbons (Fsp3) is 0.100. The normalized spacial score (nSPS) is 10.2. The molecule has 2 aromatic rings. The number of anilines is 1. The van der Waals surface area contributed by atoms with E-state index in [1.807, 2.05) is 0 Å². The molecule has 0 aliphatic heterocycles. The Morgan fingerprint density at radius 1 is 1.53 bits per heavy atom. The number of nitrogens with zero attached hydrogens (tertiary/aromatic N) is 2. The van der Waals surface area contributed by atoms with Crippen molar-refractivity contribution in [2.24, 2.45) is 0 Å². The van der Waals surface area contributed by atoms with E-state index >= 15 is 0 Å². The van der Waals surface area contributed by atoms with Crippen molar-refractivity contribution in [3.05, 3.63) is 51.3 Å². The number of nitrogens with one attached hydrogen (secondary N) is 2. The van der Waals surface area contributed by atoms with Crippen molar-refractivity contribution in [1.82, 2.24) is 10.2 Å². The average Bonchev–Trinajstić information content (AvgIpc) is 2.78. The first-order chi connectivity index (χ1) is 8.16. The Bertz CT molecular complexity index is 527. The van der Waals surface area contributed by atoms with E-state index in [0.29, 0.717) is 17.3 Å². The molecule has 1 aromatic carbocycles. The van der Waals surface area contributed by atoms with Crippen molar-refractivity contribution >= 4 is 23.0 Å². The molecule has 0 saturated carbocycles. The Labute approximate surface area is 102 Å². The summed E-state index contributed by atoms with van der Waals surface area (Å²) in [6.07, 6.45) is 3.35. The molecule has 0 spiro atoms. The maximum Gasteiger partial charge on any atom is 0.292 e. The summed E-state index contributed by atoms with van der Waals surface area (Å²) in [5, 5.41) is 20.6. The van der Waals surface area contributed by atoms with Gasteiger partial charge in [0.25, 0.3) is 5.69 Å². The summed E-state index contributed by atoms with van der Waals surface area (Å²) in [7, 11) is 0. The third kappa shape index (κ3) is 2.73. The van der Waals surface area contributed by atoms with E-state index in [0.717, 1.165) is 5.56 Å². The van der Waals surface area contributed by atoms with Gasteiger partial charge >= 0.3 is 0 Å². The first-order valence-electron chi connectivity index (χ1n) is 4.82. The van der Waals surface area contributed by atoms with Crippen molar-refractivity contribution in [1.29, 1.82) is 0 Å². The van der Waals surface area contributed by atoms with Crippen LogP contribution < -0.4 is 5.32 Å². The molecular formula is C10H9ClN4O2. The first kappa shape index (κ1) is 11.4. The summed E-state index contributed by atoms with van der Waals surface area (Å²) >= 11 is 5.80. The molecule has 0 aliphatic carbocycles. The smallest absolute Gasteiger partial charge is 0.292 e. The van der Waals surface area contributed by atoms with Gasteiger partial charge in [0.2, 0.25) is 0 Å². The Hall–Kier alpha value is -2.08. The van der Waals surface area contributed by atoms with Crippen LogP contribution in [-0.4, -0.2) is 15.1 Å². The predicted molar refractivity (Wildman–Crippen MR) is 64.0 cm³/mol. The summed E-state index contributed by atoms with van der Waals surface area (Å²) in [5.41, 5.74) is 1.29. The lowest BCUT2D eigenvalue weighted by atomic mass is 10.2. The predicted octanol–water partition coefficient (Wildman–Crippen LogP) is 2.58. The molecular weight excluding hydrogens is 244 g/mol. The van der Waals surface area contributed by atoms with Crippen LogP contribution in [0.2, 0.25) is 5.02 Å². The highest BCUT2D eigenvalue weighted by Crippen LogP contribution is 2.27. The molecule has 17 heavy (non-hydrogen) atoms. The van der Waals surface area contributed by atoms with Crippen molar-refractivity contribution in [2.75, 3.05) is 5.32 Å². The largest absolute Gasteiger partial charge is 0.375 e. The van der Waals surface area contributed by atoms with Gasteiger partial charge in [0.1, 0.15) is 5.69 Å². The van der Waals surface area contributed by atoms with Crippen molar-refractivity contribution in [2.45, 2.75) is 6.54 Å². The Kier molecular flexibility index (Phi) is 3.24. The lowest BCUT2D eigenvalue weighted by Gasteiger charge is -2.05. The van der Waals surface area contributed by atoms with E-state index in [9.17, 15) is 10.1 Å². The summed E-state index contributed by atoms with van der Waals surface area (Å²) in [5.74, 6) is 0. The number of aromatic nitrogens is 2. The maximum atomic E-state index is 10.8. The zero-order chi connectivity index (χ0) is 12.3. The highest BCUT2D eigenvalue weighted by atomic mass is 35.5. The van der Waals surface area contributed by atoms with Crippen LogP contribution in [0.15, 0.2) is 30.6 Å². The van der Waals surface area contributed by atoms with E-state index in [1.54, 1.807) is 12.4 Å². The number of hydrogen-bond donors (Lipinski definition) is 2. The molecule has 0 radical (unpaired) electrons. The number of nitro groups is 1. The van der Waals surface area contributed by atoms with Gasteiger partial charge in [-0.05, 0) is 12.1 Å². The van der Waals surface area contributed by atoms with Gasteiger partial charge in [0.05, 0.1) is 11.1 Å². The Balaban J connectivity index is 2.19. The number of H-pyrrole nitrogens is 1. The average molecular weight is 253 g/mol. The van der Waals surface area contributed by atoms with E-state index < -0.39 is 4.92 Å². The topological polar surface area (TPSA) is 83.8 Å². The number of halogens is 1. The third-order valence-electron chi connectivity index (χ3n) is 2.19. The molecule has 2 rings (SSSR count). The van der Waals surface area contributed by atoms with Gasteiger partial charge < -0.3 is 5.32 Å². The number of rotatable bonds is 4. The third-order valence-corrected chi connectivity index (χ3v) is 2.43. The van der Waals surface area contributed by atoms with Crippen molar-refractivity contribution in [3.8, 4) is 0 Å². The zero-order valence-electron chi connectivity index (χ0n) is 8.68. The van der Waals surface area contributed by atoms with Gasteiger partial charge in [-0.25, -0.2) is 0 Å². The zero-order valence-corrected chi connectivity index (χ0v) is 9.44. The fourth-order valence-corrected chi connectivity index (χ4v) is 1.55. The summed E-state index contributed by atoms with van der Waals surface area (Å²) in [4.78, 5) is 10.3. The van der Waals surface area contributed by atoms with Crippen LogP contribution in [0.3, 0.4) is 0 Å². The molecule has 0 aliphatic rings. The van der Waals surface area contributed by atoms with Crippen LogP contribution in [-0.2, 0) is 6.54 Å². The van der Waals surface area contributed by atoms with Crippen LogP contribution in [0, 0.1) is 10.1 Å². The molecule has 0 unspecified atom stereocenters. The number of aromatic amines is 1. The standard InChI is InChI=1S/C10H9ClN4O2/c11-8-1-2-10(15(16)17)9(3-8)12-4-7-5-13-14-6-7/h1-3,5-6,12H,4H2,(H,13,14). The molecule has 7 heteroatoms.